The minimum absolute atomic E-state index is 0.120. The molecule has 0 unspecified atom stereocenters. The SMILES string of the molecule is Cc1[nH]c(C=C2C(=O)Nc3ccc(CN4C(=O)COC4=O)cc32)c(C)c1CN1C[C@H]2C[C@H]2C1. The number of anilines is 1. The van der Waals surface area contributed by atoms with Crippen LogP contribution in [-0.4, -0.2) is 52.4 Å². The molecule has 170 valence electrons. The first kappa shape index (κ1) is 20.2. The molecule has 2 saturated heterocycles. The Morgan fingerprint density at radius 2 is 1.91 bits per heavy atom. The van der Waals surface area contributed by atoms with Gasteiger partial charge in [0.05, 0.1) is 12.1 Å². The molecule has 1 aliphatic carbocycles. The maximum Gasteiger partial charge on any atom is 0.417 e. The van der Waals surface area contributed by atoms with Crippen LogP contribution in [0.4, 0.5) is 10.5 Å². The highest BCUT2D eigenvalue weighted by atomic mass is 16.6. The molecule has 2 N–H and O–H groups in total. The summed E-state index contributed by atoms with van der Waals surface area (Å²) in [5.41, 5.74) is 7.38. The summed E-state index contributed by atoms with van der Waals surface area (Å²) in [7, 11) is 0. The fraction of sp³-hybridized carbons (Fsp3) is 0.400. The number of aromatic nitrogens is 1. The number of aryl methyl sites for hydroxylation is 1. The van der Waals surface area contributed by atoms with Crippen LogP contribution in [0.3, 0.4) is 0 Å². The highest BCUT2D eigenvalue weighted by Crippen LogP contribution is 2.45. The number of H-pyrrole nitrogens is 1. The van der Waals surface area contributed by atoms with Crippen molar-refractivity contribution >= 4 is 35.2 Å². The summed E-state index contributed by atoms with van der Waals surface area (Å²) in [6.45, 7) is 7.42. The third-order valence-electron chi connectivity index (χ3n) is 7.40. The number of piperidine rings is 1. The number of nitrogens with one attached hydrogen (secondary N) is 2. The number of carbonyl (C=O) groups excluding carboxylic acids is 3. The van der Waals surface area contributed by atoms with E-state index in [4.69, 9.17) is 4.74 Å². The number of imide groups is 1. The number of aromatic amines is 1. The van der Waals surface area contributed by atoms with E-state index >= 15 is 0 Å². The number of likely N-dealkylation sites (tertiary alicyclic amines) is 1. The molecule has 1 saturated carbocycles. The molecule has 4 aliphatic rings. The second-order valence-electron chi connectivity index (χ2n) is 9.64. The third-order valence-corrected chi connectivity index (χ3v) is 7.40. The quantitative estimate of drug-likeness (QED) is 0.689. The Balaban J connectivity index is 1.28. The molecule has 0 bridgehead atoms. The van der Waals surface area contributed by atoms with Gasteiger partial charge in [-0.2, -0.15) is 0 Å². The Morgan fingerprint density at radius 1 is 1.12 bits per heavy atom. The highest BCUT2D eigenvalue weighted by molar-refractivity contribution is 6.34. The number of benzene rings is 1. The standard InChI is InChI=1S/C25H26N4O4/c1-13-20(11-28-9-16-6-17(16)10-28)14(2)26-22(13)7-19-18-5-15(3-4-21(18)27-24(19)31)8-29-23(30)12-33-25(29)32/h3-5,7,16-17,26H,6,8-12H2,1-2H3,(H,27,31)/t16-,17+. The predicted molar refractivity (Wildman–Crippen MR) is 122 cm³/mol. The number of amides is 3. The summed E-state index contributed by atoms with van der Waals surface area (Å²) in [6.07, 6.45) is 2.67. The van der Waals surface area contributed by atoms with E-state index in [-0.39, 0.29) is 25.0 Å². The molecule has 0 radical (unpaired) electrons. The maximum atomic E-state index is 12.8. The number of fused-ring (bicyclic) bond motifs is 2. The number of hydrogen-bond donors (Lipinski definition) is 2. The van der Waals surface area contributed by atoms with Crippen LogP contribution in [0.1, 0.15) is 40.1 Å². The van der Waals surface area contributed by atoms with E-state index in [1.165, 1.54) is 30.6 Å². The molecule has 3 fully saturated rings. The summed E-state index contributed by atoms with van der Waals surface area (Å²) >= 11 is 0. The Bertz CT molecular complexity index is 1220. The summed E-state index contributed by atoms with van der Waals surface area (Å²) in [6, 6.07) is 5.48. The van der Waals surface area contributed by atoms with E-state index in [1.54, 1.807) is 0 Å². The molecule has 3 amide bonds. The van der Waals surface area contributed by atoms with Crippen molar-refractivity contribution in [2.24, 2.45) is 11.8 Å². The molecule has 6 rings (SSSR count). The summed E-state index contributed by atoms with van der Waals surface area (Å²) in [5, 5.41) is 2.91. The van der Waals surface area contributed by atoms with E-state index in [1.807, 2.05) is 24.3 Å². The maximum absolute atomic E-state index is 12.8. The molecule has 2 atom stereocenters. The molecular formula is C25H26N4O4. The fourth-order valence-corrected chi connectivity index (χ4v) is 5.38. The minimum Gasteiger partial charge on any atom is -0.439 e. The van der Waals surface area contributed by atoms with Crippen LogP contribution in [0.2, 0.25) is 0 Å². The van der Waals surface area contributed by atoms with E-state index < -0.39 is 6.09 Å². The van der Waals surface area contributed by atoms with Gasteiger partial charge in [0.15, 0.2) is 6.61 Å². The van der Waals surface area contributed by atoms with Crippen molar-refractivity contribution in [3.8, 4) is 0 Å². The fourth-order valence-electron chi connectivity index (χ4n) is 5.38. The molecule has 4 heterocycles. The second-order valence-corrected chi connectivity index (χ2v) is 9.64. The van der Waals surface area contributed by atoms with E-state index in [9.17, 15) is 14.4 Å². The first-order chi connectivity index (χ1) is 15.9. The first-order valence-corrected chi connectivity index (χ1v) is 11.4. The molecular weight excluding hydrogens is 420 g/mol. The van der Waals surface area contributed by atoms with Gasteiger partial charge in [0.25, 0.3) is 11.8 Å². The lowest BCUT2D eigenvalue weighted by molar-refractivity contribution is -0.126. The molecule has 1 aromatic carbocycles. The zero-order chi connectivity index (χ0) is 22.9. The normalized spacial score (nSPS) is 25.0. The van der Waals surface area contributed by atoms with Crippen LogP contribution in [0.5, 0.6) is 0 Å². The number of nitrogens with zero attached hydrogens (tertiary/aromatic N) is 2. The Morgan fingerprint density at radius 3 is 2.64 bits per heavy atom. The van der Waals surface area contributed by atoms with E-state index in [0.717, 1.165) is 51.5 Å². The molecule has 8 heteroatoms. The van der Waals surface area contributed by atoms with Gasteiger partial charge >= 0.3 is 6.09 Å². The van der Waals surface area contributed by atoms with Gasteiger partial charge in [0.2, 0.25) is 0 Å². The lowest BCUT2D eigenvalue weighted by atomic mass is 10.0. The molecule has 1 aromatic heterocycles. The van der Waals surface area contributed by atoms with Crippen LogP contribution in [0.15, 0.2) is 18.2 Å². The molecule has 8 nitrogen and oxygen atoms in total. The van der Waals surface area contributed by atoms with Crippen molar-refractivity contribution in [1.82, 2.24) is 14.8 Å². The Hall–Kier alpha value is -3.39. The number of carbonyl (C=O) groups is 3. The Labute approximate surface area is 191 Å². The van der Waals surface area contributed by atoms with Crippen LogP contribution in [-0.2, 0) is 27.4 Å². The van der Waals surface area contributed by atoms with Gasteiger partial charge in [-0.15, -0.1) is 0 Å². The number of hydrogen-bond acceptors (Lipinski definition) is 5. The van der Waals surface area contributed by atoms with Crippen molar-refractivity contribution in [2.45, 2.75) is 33.4 Å². The Kier molecular flexibility index (Phi) is 4.48. The van der Waals surface area contributed by atoms with Gasteiger partial charge in [0, 0.05) is 42.3 Å². The van der Waals surface area contributed by atoms with Crippen molar-refractivity contribution in [3.05, 3.63) is 51.8 Å². The van der Waals surface area contributed by atoms with Crippen LogP contribution < -0.4 is 5.32 Å². The van der Waals surface area contributed by atoms with Gasteiger partial charge in [-0.05, 0) is 67.0 Å². The van der Waals surface area contributed by atoms with Gasteiger partial charge < -0.3 is 15.0 Å². The van der Waals surface area contributed by atoms with Gasteiger partial charge in [-0.3, -0.25) is 14.5 Å². The summed E-state index contributed by atoms with van der Waals surface area (Å²) < 4.78 is 4.79. The highest BCUT2D eigenvalue weighted by Gasteiger charge is 2.45. The number of cyclic esters (lactones) is 1. The van der Waals surface area contributed by atoms with Crippen LogP contribution in [0.25, 0.3) is 11.6 Å². The number of ether oxygens (including phenoxy) is 1. The molecule has 33 heavy (non-hydrogen) atoms. The smallest absolute Gasteiger partial charge is 0.417 e. The number of rotatable bonds is 5. The minimum atomic E-state index is -0.634. The van der Waals surface area contributed by atoms with Crippen LogP contribution >= 0.6 is 0 Å². The first-order valence-electron chi connectivity index (χ1n) is 11.4. The average Bonchev–Trinajstić information content (AvgIpc) is 3.00. The van der Waals surface area contributed by atoms with Crippen molar-refractivity contribution in [3.63, 3.8) is 0 Å². The van der Waals surface area contributed by atoms with Crippen molar-refractivity contribution < 1.29 is 19.1 Å². The third kappa shape index (κ3) is 3.45. The van der Waals surface area contributed by atoms with Crippen molar-refractivity contribution in [2.75, 3.05) is 25.0 Å². The average molecular weight is 447 g/mol. The van der Waals surface area contributed by atoms with Gasteiger partial charge in [0.1, 0.15) is 0 Å². The monoisotopic (exact) mass is 446 g/mol. The van der Waals surface area contributed by atoms with Gasteiger partial charge in [-0.25, -0.2) is 9.69 Å². The van der Waals surface area contributed by atoms with E-state index in [0.29, 0.717) is 5.57 Å². The summed E-state index contributed by atoms with van der Waals surface area (Å²) in [4.78, 5) is 43.6. The predicted octanol–water partition coefficient (Wildman–Crippen LogP) is 3.05. The molecule has 3 aliphatic heterocycles. The molecule has 0 spiro atoms. The summed E-state index contributed by atoms with van der Waals surface area (Å²) in [5.74, 6) is 1.28. The zero-order valence-electron chi connectivity index (χ0n) is 18.7. The van der Waals surface area contributed by atoms with Crippen LogP contribution in [0, 0.1) is 25.7 Å². The topological polar surface area (TPSA) is 94.7 Å². The van der Waals surface area contributed by atoms with Gasteiger partial charge in [-0.1, -0.05) is 6.07 Å². The largest absolute Gasteiger partial charge is 0.439 e. The lowest BCUT2D eigenvalue weighted by Gasteiger charge is -2.17. The molecule has 2 aromatic rings. The zero-order valence-corrected chi connectivity index (χ0v) is 18.7. The lowest BCUT2D eigenvalue weighted by Crippen LogP contribution is -2.28. The van der Waals surface area contributed by atoms with Crippen molar-refractivity contribution in [1.29, 1.82) is 0 Å². The second kappa shape index (κ2) is 7.31. The van der Waals surface area contributed by atoms with E-state index in [2.05, 4.69) is 29.0 Å².